The summed E-state index contributed by atoms with van der Waals surface area (Å²) in [5.74, 6) is 2.17. The van der Waals surface area contributed by atoms with Gasteiger partial charge in [-0.2, -0.15) is 0 Å². The van der Waals surface area contributed by atoms with Gasteiger partial charge in [0.15, 0.2) is 23.6 Å². The number of aliphatic imine (C=N–C) groups is 1. The second kappa shape index (κ2) is 5.95. The minimum absolute atomic E-state index is 0.0119. The van der Waals surface area contributed by atoms with Crippen LogP contribution in [0, 0.1) is 0 Å². The first-order valence-corrected chi connectivity index (χ1v) is 8.88. The fraction of sp³-hybridized carbons (Fsp3) is 0.222. The fourth-order valence-electron chi connectivity index (χ4n) is 3.33. The van der Waals surface area contributed by atoms with Gasteiger partial charge in [-0.25, -0.2) is 9.98 Å². The number of hydrogen-bond donors (Lipinski definition) is 3. The SMILES string of the molecule is NC1=NC(c2ccc(O)c(Cl)c2)n2c(nc3cc4c(cc32)OCCCO4)N1. The highest BCUT2D eigenvalue weighted by Gasteiger charge is 2.27. The van der Waals surface area contributed by atoms with Gasteiger partial charge in [-0.3, -0.25) is 9.88 Å². The summed E-state index contributed by atoms with van der Waals surface area (Å²) >= 11 is 6.09. The number of phenolic OH excluding ortho intramolecular Hbond substituents is 1. The second-order valence-corrected chi connectivity index (χ2v) is 6.77. The van der Waals surface area contributed by atoms with Gasteiger partial charge in [-0.1, -0.05) is 17.7 Å². The molecule has 0 spiro atoms. The number of benzene rings is 2. The number of phenols is 1. The minimum atomic E-state index is -0.478. The van der Waals surface area contributed by atoms with E-state index < -0.39 is 6.17 Å². The fourth-order valence-corrected chi connectivity index (χ4v) is 3.52. The summed E-state index contributed by atoms with van der Waals surface area (Å²) in [5, 5.41) is 13.0. The molecule has 1 atom stereocenters. The van der Waals surface area contributed by atoms with E-state index in [0.29, 0.717) is 30.7 Å². The van der Waals surface area contributed by atoms with Gasteiger partial charge < -0.3 is 20.3 Å². The van der Waals surface area contributed by atoms with Crippen LogP contribution in [0.2, 0.25) is 5.02 Å². The van der Waals surface area contributed by atoms with Crippen molar-refractivity contribution >= 4 is 34.5 Å². The van der Waals surface area contributed by atoms with Crippen LogP contribution in [0.3, 0.4) is 0 Å². The Bertz CT molecular complexity index is 1090. The van der Waals surface area contributed by atoms with E-state index >= 15 is 0 Å². The van der Waals surface area contributed by atoms with Crippen LogP contribution in [0.1, 0.15) is 18.2 Å². The average Bonchev–Trinajstić information content (AvgIpc) is 2.83. The van der Waals surface area contributed by atoms with Crippen LogP contribution in [0.25, 0.3) is 11.0 Å². The normalized spacial score (nSPS) is 18.4. The highest BCUT2D eigenvalue weighted by Crippen LogP contribution is 2.39. The summed E-state index contributed by atoms with van der Waals surface area (Å²) in [6.45, 7) is 1.20. The van der Waals surface area contributed by atoms with Crippen molar-refractivity contribution in [3.63, 3.8) is 0 Å². The van der Waals surface area contributed by atoms with Crippen molar-refractivity contribution in [2.45, 2.75) is 12.6 Å². The van der Waals surface area contributed by atoms with E-state index in [9.17, 15) is 5.11 Å². The molecular formula is C18H16ClN5O3. The van der Waals surface area contributed by atoms with Crippen LogP contribution in [-0.4, -0.2) is 33.8 Å². The number of hydrogen-bond acceptors (Lipinski definition) is 7. The van der Waals surface area contributed by atoms with Gasteiger partial charge in [0.05, 0.1) is 29.3 Å². The largest absolute Gasteiger partial charge is 0.506 e. The van der Waals surface area contributed by atoms with Crippen LogP contribution in [0.4, 0.5) is 5.95 Å². The minimum Gasteiger partial charge on any atom is -0.506 e. The van der Waals surface area contributed by atoms with Crippen molar-refractivity contribution in [2.24, 2.45) is 10.7 Å². The number of aromatic nitrogens is 2. The summed E-state index contributed by atoms with van der Waals surface area (Å²) in [7, 11) is 0. The molecule has 27 heavy (non-hydrogen) atoms. The molecule has 0 saturated heterocycles. The Morgan fingerprint density at radius 2 is 1.96 bits per heavy atom. The van der Waals surface area contributed by atoms with Crippen LogP contribution >= 0.6 is 11.6 Å². The van der Waals surface area contributed by atoms with Gasteiger partial charge in [0.2, 0.25) is 5.95 Å². The number of anilines is 1. The van der Waals surface area contributed by atoms with Gasteiger partial charge >= 0.3 is 0 Å². The highest BCUT2D eigenvalue weighted by molar-refractivity contribution is 6.32. The number of fused-ring (bicyclic) bond motifs is 4. The van der Waals surface area contributed by atoms with Gasteiger partial charge in [0, 0.05) is 18.6 Å². The molecule has 2 aliphatic heterocycles. The lowest BCUT2D eigenvalue weighted by atomic mass is 10.1. The van der Waals surface area contributed by atoms with E-state index in [1.165, 1.54) is 6.07 Å². The molecular weight excluding hydrogens is 370 g/mol. The molecule has 0 saturated carbocycles. The first-order chi connectivity index (χ1) is 13.1. The zero-order chi connectivity index (χ0) is 18.5. The molecule has 2 aliphatic rings. The number of ether oxygens (including phenoxy) is 2. The zero-order valence-electron chi connectivity index (χ0n) is 14.1. The predicted molar refractivity (Wildman–Crippen MR) is 102 cm³/mol. The Morgan fingerprint density at radius 3 is 2.74 bits per heavy atom. The number of halogens is 1. The quantitative estimate of drug-likeness (QED) is 0.594. The highest BCUT2D eigenvalue weighted by atomic mass is 35.5. The lowest BCUT2D eigenvalue weighted by Crippen LogP contribution is -2.31. The molecule has 0 fully saturated rings. The maximum Gasteiger partial charge on any atom is 0.212 e. The second-order valence-electron chi connectivity index (χ2n) is 6.37. The molecule has 3 heterocycles. The number of nitrogens with one attached hydrogen (secondary N) is 1. The van der Waals surface area contributed by atoms with Crippen molar-refractivity contribution < 1.29 is 14.6 Å². The maximum atomic E-state index is 9.73. The molecule has 2 aromatic carbocycles. The number of guanidine groups is 1. The molecule has 0 aliphatic carbocycles. The number of nitrogens with two attached hydrogens (primary N) is 1. The Balaban J connectivity index is 1.71. The average molecular weight is 386 g/mol. The van der Waals surface area contributed by atoms with E-state index in [4.69, 9.17) is 26.8 Å². The predicted octanol–water partition coefficient (Wildman–Crippen LogP) is 2.84. The molecule has 5 rings (SSSR count). The number of aromatic hydroxyl groups is 1. The van der Waals surface area contributed by atoms with Crippen molar-refractivity contribution in [2.75, 3.05) is 18.5 Å². The number of imidazole rings is 1. The van der Waals surface area contributed by atoms with Gasteiger partial charge in [-0.15, -0.1) is 0 Å². The molecule has 8 nitrogen and oxygen atoms in total. The zero-order valence-corrected chi connectivity index (χ0v) is 14.9. The van der Waals surface area contributed by atoms with Gasteiger partial charge in [0.1, 0.15) is 5.75 Å². The van der Waals surface area contributed by atoms with E-state index in [0.717, 1.165) is 23.0 Å². The van der Waals surface area contributed by atoms with Gasteiger partial charge in [-0.05, 0) is 17.7 Å². The summed E-state index contributed by atoms with van der Waals surface area (Å²) in [6.07, 6.45) is 0.350. The Morgan fingerprint density at radius 1 is 1.19 bits per heavy atom. The molecule has 0 bridgehead atoms. The molecule has 9 heteroatoms. The first-order valence-electron chi connectivity index (χ1n) is 8.50. The Kier molecular flexibility index (Phi) is 3.54. The van der Waals surface area contributed by atoms with Crippen molar-refractivity contribution in [1.82, 2.24) is 9.55 Å². The van der Waals surface area contributed by atoms with Gasteiger partial charge in [0.25, 0.3) is 0 Å². The van der Waals surface area contributed by atoms with Crippen molar-refractivity contribution in [3.8, 4) is 17.2 Å². The summed E-state index contributed by atoms with van der Waals surface area (Å²) < 4.78 is 13.5. The topological polar surface area (TPSA) is 107 Å². The number of rotatable bonds is 1. The van der Waals surface area contributed by atoms with Crippen LogP contribution < -0.4 is 20.5 Å². The molecule has 1 aromatic heterocycles. The van der Waals surface area contributed by atoms with Crippen LogP contribution in [0.5, 0.6) is 17.2 Å². The molecule has 138 valence electrons. The third-order valence-electron chi connectivity index (χ3n) is 4.57. The van der Waals surface area contributed by atoms with E-state index in [1.54, 1.807) is 12.1 Å². The van der Waals surface area contributed by atoms with E-state index in [2.05, 4.69) is 15.3 Å². The van der Waals surface area contributed by atoms with Crippen LogP contribution in [-0.2, 0) is 0 Å². The smallest absolute Gasteiger partial charge is 0.212 e. The molecule has 1 unspecified atom stereocenters. The van der Waals surface area contributed by atoms with Crippen molar-refractivity contribution in [3.05, 3.63) is 40.9 Å². The van der Waals surface area contributed by atoms with Crippen molar-refractivity contribution in [1.29, 1.82) is 0 Å². The summed E-state index contributed by atoms with van der Waals surface area (Å²) in [5.41, 5.74) is 8.30. The number of nitrogens with zero attached hydrogens (tertiary/aromatic N) is 3. The Labute approximate surface area is 159 Å². The standard InChI is InChI=1S/C18H16ClN5O3/c19-10-6-9(2-3-13(10)25)16-22-17(20)23-18-21-11-7-14-15(8-12(11)24(16)18)27-5-1-4-26-14/h2-3,6-8,16,25H,1,4-5H2,(H3,20,21,22,23). The summed E-state index contributed by atoms with van der Waals surface area (Å²) in [4.78, 5) is 9.14. The maximum absolute atomic E-state index is 9.73. The lowest BCUT2D eigenvalue weighted by molar-refractivity contribution is 0.297. The third-order valence-corrected chi connectivity index (χ3v) is 4.88. The molecule has 3 aromatic rings. The van der Waals surface area contributed by atoms with E-state index in [1.807, 2.05) is 16.7 Å². The molecule has 4 N–H and O–H groups in total. The first kappa shape index (κ1) is 16.1. The van der Waals surface area contributed by atoms with Crippen LogP contribution in [0.15, 0.2) is 35.3 Å². The third kappa shape index (κ3) is 2.60. The van der Waals surface area contributed by atoms with E-state index in [-0.39, 0.29) is 16.7 Å². The lowest BCUT2D eigenvalue weighted by Gasteiger charge is -2.24. The monoisotopic (exact) mass is 385 g/mol. The molecule has 0 radical (unpaired) electrons. The Hall–Kier alpha value is -3.13. The molecule has 0 amide bonds. The summed E-state index contributed by atoms with van der Waals surface area (Å²) in [6, 6.07) is 8.72.